The molecule has 2 aromatic rings. The summed E-state index contributed by atoms with van der Waals surface area (Å²) in [6.45, 7) is 0. The molecule has 0 aliphatic rings. The average molecular weight is 298 g/mol. The third-order valence-corrected chi connectivity index (χ3v) is 2.62. The highest BCUT2D eigenvalue weighted by Crippen LogP contribution is 2.24. The van der Waals surface area contributed by atoms with Gasteiger partial charge in [-0.3, -0.25) is 4.79 Å². The van der Waals surface area contributed by atoms with Crippen molar-refractivity contribution >= 4 is 21.9 Å². The maximum atomic E-state index is 10.4. The van der Waals surface area contributed by atoms with Crippen molar-refractivity contribution in [2.24, 2.45) is 0 Å². The van der Waals surface area contributed by atoms with Crippen LogP contribution in [0.25, 0.3) is 11.6 Å². The van der Waals surface area contributed by atoms with Crippen molar-refractivity contribution < 1.29 is 14.3 Å². The van der Waals surface area contributed by atoms with E-state index in [2.05, 4.69) is 31.1 Å². The predicted molar refractivity (Wildman–Crippen MR) is 61.2 cm³/mol. The third kappa shape index (κ3) is 2.88. The van der Waals surface area contributed by atoms with Crippen LogP contribution in [-0.2, 0) is 11.2 Å². The van der Waals surface area contributed by atoms with E-state index in [0.29, 0.717) is 11.6 Å². The minimum atomic E-state index is -0.899. The lowest BCUT2D eigenvalue weighted by atomic mass is 10.3. The Hall–Kier alpha value is -1.76. The van der Waals surface area contributed by atoms with E-state index in [1.54, 1.807) is 12.3 Å². The standard InChI is InChI=1S/C10H8BrN3O3/c11-6-2-1-5-12-9(6)10-14-13-7(17-10)3-4-8(15)16/h1-2,5H,3-4H2,(H,15,16). The van der Waals surface area contributed by atoms with Crippen LogP contribution in [0, 0.1) is 0 Å². The molecule has 0 aliphatic heterocycles. The first-order valence-corrected chi connectivity index (χ1v) is 5.61. The van der Waals surface area contributed by atoms with Gasteiger partial charge in [-0.1, -0.05) is 0 Å². The summed E-state index contributed by atoms with van der Waals surface area (Å²) in [5, 5.41) is 16.1. The summed E-state index contributed by atoms with van der Waals surface area (Å²) in [5.74, 6) is -0.332. The Kier molecular flexibility index (Phi) is 3.48. The molecule has 0 saturated heterocycles. The molecule has 7 heteroatoms. The van der Waals surface area contributed by atoms with Gasteiger partial charge in [0.15, 0.2) is 0 Å². The van der Waals surface area contributed by atoms with Crippen molar-refractivity contribution in [3.63, 3.8) is 0 Å². The zero-order chi connectivity index (χ0) is 12.3. The van der Waals surface area contributed by atoms with E-state index >= 15 is 0 Å². The van der Waals surface area contributed by atoms with Gasteiger partial charge in [0.05, 0.1) is 6.42 Å². The molecule has 6 nitrogen and oxygen atoms in total. The molecule has 2 rings (SSSR count). The van der Waals surface area contributed by atoms with E-state index in [4.69, 9.17) is 9.52 Å². The number of aliphatic carboxylic acids is 1. The smallest absolute Gasteiger partial charge is 0.303 e. The number of carboxylic acid groups (broad SMARTS) is 1. The van der Waals surface area contributed by atoms with Gasteiger partial charge in [-0.15, -0.1) is 10.2 Å². The van der Waals surface area contributed by atoms with Crippen molar-refractivity contribution in [2.45, 2.75) is 12.8 Å². The fraction of sp³-hybridized carbons (Fsp3) is 0.200. The van der Waals surface area contributed by atoms with Gasteiger partial charge in [0.2, 0.25) is 5.89 Å². The summed E-state index contributed by atoms with van der Waals surface area (Å²) in [7, 11) is 0. The van der Waals surface area contributed by atoms with E-state index in [1.165, 1.54) is 0 Å². The Balaban J connectivity index is 2.18. The van der Waals surface area contributed by atoms with Crippen LogP contribution in [0.2, 0.25) is 0 Å². The van der Waals surface area contributed by atoms with Gasteiger partial charge < -0.3 is 9.52 Å². The van der Waals surface area contributed by atoms with Gasteiger partial charge in [0, 0.05) is 17.1 Å². The number of hydrogen-bond donors (Lipinski definition) is 1. The second-order valence-corrected chi connectivity index (χ2v) is 4.08. The molecule has 88 valence electrons. The molecule has 0 amide bonds. The topological polar surface area (TPSA) is 89.1 Å². The van der Waals surface area contributed by atoms with E-state index in [1.807, 2.05) is 6.07 Å². The zero-order valence-corrected chi connectivity index (χ0v) is 10.2. The Morgan fingerprint density at radius 2 is 2.29 bits per heavy atom. The molecule has 0 unspecified atom stereocenters. The highest BCUT2D eigenvalue weighted by molar-refractivity contribution is 9.10. The van der Waals surface area contributed by atoms with Gasteiger partial charge in [-0.25, -0.2) is 4.98 Å². The maximum Gasteiger partial charge on any atom is 0.303 e. The molecule has 0 atom stereocenters. The Labute approximate surface area is 105 Å². The second kappa shape index (κ2) is 5.05. The molecule has 17 heavy (non-hydrogen) atoms. The number of halogens is 1. The lowest BCUT2D eigenvalue weighted by Crippen LogP contribution is -1.97. The van der Waals surface area contributed by atoms with Gasteiger partial charge >= 0.3 is 5.97 Å². The van der Waals surface area contributed by atoms with Crippen molar-refractivity contribution in [3.8, 4) is 11.6 Å². The summed E-state index contributed by atoms with van der Waals surface area (Å²) < 4.78 is 6.07. The molecule has 2 heterocycles. The van der Waals surface area contributed by atoms with Crippen LogP contribution in [-0.4, -0.2) is 26.3 Å². The Morgan fingerprint density at radius 1 is 1.47 bits per heavy atom. The Morgan fingerprint density at radius 3 is 3.00 bits per heavy atom. The summed E-state index contributed by atoms with van der Waals surface area (Å²) in [4.78, 5) is 14.5. The van der Waals surface area contributed by atoms with Crippen LogP contribution in [0.5, 0.6) is 0 Å². The normalized spacial score (nSPS) is 10.4. The summed E-state index contributed by atoms with van der Waals surface area (Å²) >= 11 is 3.32. The molecule has 0 spiro atoms. The fourth-order valence-electron chi connectivity index (χ4n) is 1.21. The minimum Gasteiger partial charge on any atom is -0.481 e. The van der Waals surface area contributed by atoms with E-state index < -0.39 is 5.97 Å². The molecule has 0 bridgehead atoms. The Bertz CT molecular complexity index is 541. The number of pyridine rings is 1. The maximum absolute atomic E-state index is 10.4. The first-order chi connectivity index (χ1) is 8.16. The van der Waals surface area contributed by atoms with Crippen LogP contribution in [0.15, 0.2) is 27.2 Å². The molecular formula is C10H8BrN3O3. The van der Waals surface area contributed by atoms with E-state index in [9.17, 15) is 4.79 Å². The largest absolute Gasteiger partial charge is 0.481 e. The number of rotatable bonds is 4. The second-order valence-electron chi connectivity index (χ2n) is 3.23. The SMILES string of the molecule is O=C(O)CCc1nnc(-c2ncccc2Br)o1. The number of aryl methyl sites for hydroxylation is 1. The first kappa shape index (κ1) is 11.7. The average Bonchev–Trinajstić information content (AvgIpc) is 2.75. The van der Waals surface area contributed by atoms with Crippen LogP contribution in [0.1, 0.15) is 12.3 Å². The van der Waals surface area contributed by atoms with Crippen LogP contribution in [0.3, 0.4) is 0 Å². The molecule has 0 aliphatic carbocycles. The molecule has 0 aromatic carbocycles. The summed E-state index contributed by atoms with van der Waals surface area (Å²) in [6, 6.07) is 3.58. The summed E-state index contributed by atoms with van der Waals surface area (Å²) in [5.41, 5.74) is 0.543. The molecule has 0 radical (unpaired) electrons. The van der Waals surface area contributed by atoms with Gasteiger partial charge in [-0.2, -0.15) is 0 Å². The third-order valence-electron chi connectivity index (χ3n) is 1.98. The molecule has 0 fully saturated rings. The van der Waals surface area contributed by atoms with Gasteiger partial charge in [0.1, 0.15) is 5.69 Å². The number of carboxylic acids is 1. The quantitative estimate of drug-likeness (QED) is 0.927. The van der Waals surface area contributed by atoms with Crippen molar-refractivity contribution in [1.82, 2.24) is 15.2 Å². The minimum absolute atomic E-state index is 0.0367. The number of aromatic nitrogens is 3. The lowest BCUT2D eigenvalue weighted by Gasteiger charge is -1.95. The molecule has 2 aromatic heterocycles. The number of hydrogen-bond acceptors (Lipinski definition) is 5. The monoisotopic (exact) mass is 297 g/mol. The highest BCUT2D eigenvalue weighted by Gasteiger charge is 2.13. The highest BCUT2D eigenvalue weighted by atomic mass is 79.9. The van der Waals surface area contributed by atoms with E-state index in [-0.39, 0.29) is 18.7 Å². The fourth-order valence-corrected chi connectivity index (χ4v) is 1.63. The molecular weight excluding hydrogens is 290 g/mol. The molecule has 0 saturated carbocycles. The lowest BCUT2D eigenvalue weighted by molar-refractivity contribution is -0.137. The van der Waals surface area contributed by atoms with Crippen LogP contribution in [0.4, 0.5) is 0 Å². The zero-order valence-electron chi connectivity index (χ0n) is 8.63. The van der Waals surface area contributed by atoms with Crippen molar-refractivity contribution in [1.29, 1.82) is 0 Å². The van der Waals surface area contributed by atoms with Crippen molar-refractivity contribution in [2.75, 3.05) is 0 Å². The van der Waals surface area contributed by atoms with Crippen LogP contribution < -0.4 is 0 Å². The van der Waals surface area contributed by atoms with Crippen molar-refractivity contribution in [3.05, 3.63) is 28.7 Å². The number of nitrogens with zero attached hydrogens (tertiary/aromatic N) is 3. The van der Waals surface area contributed by atoms with Gasteiger partial charge in [0.25, 0.3) is 5.89 Å². The first-order valence-electron chi connectivity index (χ1n) is 4.82. The molecule has 1 N–H and O–H groups in total. The van der Waals surface area contributed by atoms with Crippen LogP contribution >= 0.6 is 15.9 Å². The number of carbonyl (C=O) groups is 1. The van der Waals surface area contributed by atoms with Gasteiger partial charge in [-0.05, 0) is 28.1 Å². The summed E-state index contributed by atoms with van der Waals surface area (Å²) in [6.07, 6.45) is 1.79. The van der Waals surface area contributed by atoms with E-state index in [0.717, 1.165) is 4.47 Å². The predicted octanol–water partition coefficient (Wildman–Crippen LogP) is 1.91.